The van der Waals surface area contributed by atoms with Crippen molar-refractivity contribution in [1.82, 2.24) is 9.97 Å². The minimum absolute atomic E-state index is 0.113. The van der Waals surface area contributed by atoms with Crippen LogP contribution in [0.1, 0.15) is 21.6 Å². The van der Waals surface area contributed by atoms with Gasteiger partial charge in [0.2, 0.25) is 12.7 Å². The average molecular weight is 374 g/mol. The Bertz CT molecular complexity index is 1050. The highest BCUT2D eigenvalue weighted by molar-refractivity contribution is 6.06. The fraction of sp³-hybridized carbons (Fsp3) is 0.190. The van der Waals surface area contributed by atoms with Crippen LogP contribution in [0.5, 0.6) is 11.5 Å². The first-order valence-corrected chi connectivity index (χ1v) is 9.13. The Labute approximate surface area is 161 Å². The Morgan fingerprint density at radius 2 is 2.00 bits per heavy atom. The monoisotopic (exact) mass is 374 g/mol. The van der Waals surface area contributed by atoms with Gasteiger partial charge in [0.1, 0.15) is 5.69 Å². The molecule has 5 rings (SSSR count). The molecule has 0 bridgehead atoms. The molecule has 28 heavy (non-hydrogen) atoms. The quantitative estimate of drug-likeness (QED) is 0.757. The van der Waals surface area contributed by atoms with E-state index < -0.39 is 0 Å². The van der Waals surface area contributed by atoms with Crippen molar-refractivity contribution in [3.63, 3.8) is 0 Å². The number of aromatic nitrogens is 2. The molecule has 3 aromatic rings. The van der Waals surface area contributed by atoms with Crippen molar-refractivity contribution in [3.8, 4) is 11.5 Å². The molecule has 0 radical (unpaired) electrons. The van der Waals surface area contributed by atoms with E-state index in [-0.39, 0.29) is 12.7 Å². The summed E-state index contributed by atoms with van der Waals surface area (Å²) < 4.78 is 10.7. The third kappa shape index (κ3) is 3.00. The average Bonchev–Trinajstić information content (AvgIpc) is 3.38. The van der Waals surface area contributed by atoms with Crippen LogP contribution in [0, 0.1) is 0 Å². The lowest BCUT2D eigenvalue weighted by Gasteiger charge is -2.17. The van der Waals surface area contributed by atoms with Crippen LogP contribution in [-0.4, -0.2) is 29.2 Å². The lowest BCUT2D eigenvalue weighted by molar-refractivity contribution is 0.0984. The van der Waals surface area contributed by atoms with Crippen molar-refractivity contribution >= 4 is 17.5 Å². The zero-order valence-corrected chi connectivity index (χ0v) is 15.1. The van der Waals surface area contributed by atoms with Gasteiger partial charge in [0.15, 0.2) is 11.5 Å². The van der Waals surface area contributed by atoms with Crippen LogP contribution < -0.4 is 19.7 Å². The Balaban J connectivity index is 1.31. The van der Waals surface area contributed by atoms with Crippen LogP contribution in [-0.2, 0) is 13.0 Å². The van der Waals surface area contributed by atoms with Gasteiger partial charge >= 0.3 is 0 Å². The molecule has 1 amide bonds. The molecule has 2 aliphatic rings. The molecule has 2 aromatic carbocycles. The van der Waals surface area contributed by atoms with Gasteiger partial charge in [0, 0.05) is 25.0 Å². The first kappa shape index (κ1) is 16.6. The molecule has 0 saturated carbocycles. The number of rotatable bonds is 4. The van der Waals surface area contributed by atoms with Crippen molar-refractivity contribution in [3.05, 3.63) is 71.5 Å². The van der Waals surface area contributed by atoms with Gasteiger partial charge in [-0.2, -0.15) is 0 Å². The maximum absolute atomic E-state index is 12.9. The number of hydrogen-bond donors (Lipinski definition) is 1. The topological polar surface area (TPSA) is 76.6 Å². The number of fused-ring (bicyclic) bond motifs is 2. The summed E-state index contributed by atoms with van der Waals surface area (Å²) in [6.07, 6.45) is 2.46. The molecule has 1 aromatic heterocycles. The molecule has 0 saturated heterocycles. The fourth-order valence-electron chi connectivity index (χ4n) is 3.48. The molecule has 0 unspecified atom stereocenters. The Morgan fingerprint density at radius 1 is 1.11 bits per heavy atom. The zero-order chi connectivity index (χ0) is 18.9. The first-order valence-electron chi connectivity index (χ1n) is 9.13. The number of nitrogens with zero attached hydrogens (tertiary/aromatic N) is 3. The van der Waals surface area contributed by atoms with Crippen molar-refractivity contribution in [2.75, 3.05) is 23.6 Å². The Hall–Kier alpha value is -3.61. The van der Waals surface area contributed by atoms with Crippen molar-refractivity contribution in [2.45, 2.75) is 13.0 Å². The van der Waals surface area contributed by atoms with Crippen LogP contribution in [0.15, 0.2) is 54.7 Å². The molecule has 3 heterocycles. The molecule has 0 atom stereocenters. The molecule has 7 heteroatoms. The first-order chi connectivity index (χ1) is 13.8. The minimum Gasteiger partial charge on any atom is -0.454 e. The highest BCUT2D eigenvalue weighted by Gasteiger charge is 2.26. The second-order valence-corrected chi connectivity index (χ2v) is 6.64. The number of nitrogens with one attached hydrogen (secondary N) is 1. The third-order valence-corrected chi connectivity index (χ3v) is 4.89. The number of ether oxygens (including phenoxy) is 2. The lowest BCUT2D eigenvalue weighted by Crippen LogP contribution is -2.29. The molecule has 1 N–H and O–H groups in total. The van der Waals surface area contributed by atoms with E-state index in [1.807, 2.05) is 36.4 Å². The minimum atomic E-state index is -0.113. The number of para-hydroxylation sites is 1. The SMILES string of the molecule is O=C(c1ccnc(NCc2ccc3c(c2)OCO3)n1)N1CCc2ccccc21. The van der Waals surface area contributed by atoms with Crippen LogP contribution >= 0.6 is 0 Å². The van der Waals surface area contributed by atoms with E-state index in [9.17, 15) is 4.79 Å². The van der Waals surface area contributed by atoms with E-state index in [1.165, 1.54) is 5.56 Å². The smallest absolute Gasteiger partial charge is 0.277 e. The second-order valence-electron chi connectivity index (χ2n) is 6.64. The van der Waals surface area contributed by atoms with E-state index in [0.29, 0.717) is 24.7 Å². The maximum atomic E-state index is 12.9. The van der Waals surface area contributed by atoms with Crippen LogP contribution in [0.2, 0.25) is 0 Å². The van der Waals surface area contributed by atoms with Crippen LogP contribution in [0.25, 0.3) is 0 Å². The van der Waals surface area contributed by atoms with E-state index in [0.717, 1.165) is 29.2 Å². The predicted molar refractivity (Wildman–Crippen MR) is 104 cm³/mol. The van der Waals surface area contributed by atoms with Gasteiger partial charge in [0.25, 0.3) is 5.91 Å². The Morgan fingerprint density at radius 3 is 2.96 bits per heavy atom. The summed E-state index contributed by atoms with van der Waals surface area (Å²) in [5.74, 6) is 1.78. The van der Waals surface area contributed by atoms with Gasteiger partial charge in [-0.05, 0) is 41.8 Å². The van der Waals surface area contributed by atoms with Crippen molar-refractivity contribution in [1.29, 1.82) is 0 Å². The highest BCUT2D eigenvalue weighted by atomic mass is 16.7. The van der Waals surface area contributed by atoms with Gasteiger partial charge in [-0.3, -0.25) is 4.79 Å². The van der Waals surface area contributed by atoms with Crippen molar-refractivity contribution < 1.29 is 14.3 Å². The normalized spacial score (nSPS) is 14.1. The number of amides is 1. The number of anilines is 2. The number of hydrogen-bond acceptors (Lipinski definition) is 6. The van der Waals surface area contributed by atoms with E-state index in [4.69, 9.17) is 9.47 Å². The molecule has 2 aliphatic heterocycles. The number of benzene rings is 2. The largest absolute Gasteiger partial charge is 0.454 e. The van der Waals surface area contributed by atoms with Gasteiger partial charge in [0.05, 0.1) is 0 Å². The fourth-order valence-corrected chi connectivity index (χ4v) is 3.48. The van der Waals surface area contributed by atoms with Gasteiger partial charge in [-0.15, -0.1) is 0 Å². The van der Waals surface area contributed by atoms with Crippen LogP contribution in [0.3, 0.4) is 0 Å². The van der Waals surface area contributed by atoms with E-state index >= 15 is 0 Å². The van der Waals surface area contributed by atoms with Gasteiger partial charge in [-0.25, -0.2) is 9.97 Å². The number of carbonyl (C=O) groups is 1. The molecule has 0 spiro atoms. The molecule has 0 fully saturated rings. The summed E-state index contributed by atoms with van der Waals surface area (Å²) in [5, 5.41) is 3.17. The Kier molecular flexibility index (Phi) is 4.05. The summed E-state index contributed by atoms with van der Waals surface area (Å²) in [5.41, 5.74) is 3.53. The maximum Gasteiger partial charge on any atom is 0.277 e. The zero-order valence-electron chi connectivity index (χ0n) is 15.1. The third-order valence-electron chi connectivity index (χ3n) is 4.89. The molecule has 7 nitrogen and oxygen atoms in total. The van der Waals surface area contributed by atoms with Gasteiger partial charge < -0.3 is 19.7 Å². The lowest BCUT2D eigenvalue weighted by atomic mass is 10.2. The number of carbonyl (C=O) groups excluding carboxylic acids is 1. The standard InChI is InChI=1S/C21H18N4O3/c26-20(25-10-8-15-3-1-2-4-17(15)25)16-7-9-22-21(24-16)23-12-14-5-6-18-19(11-14)28-13-27-18/h1-7,9,11H,8,10,12-13H2,(H,22,23,24). The predicted octanol–water partition coefficient (Wildman–Crippen LogP) is 3.02. The molecule has 0 aliphatic carbocycles. The summed E-state index contributed by atoms with van der Waals surface area (Å²) in [7, 11) is 0. The van der Waals surface area contributed by atoms with Crippen molar-refractivity contribution in [2.24, 2.45) is 0 Å². The molecular weight excluding hydrogens is 356 g/mol. The van der Waals surface area contributed by atoms with E-state index in [2.05, 4.69) is 21.4 Å². The van der Waals surface area contributed by atoms with Gasteiger partial charge in [-0.1, -0.05) is 24.3 Å². The highest BCUT2D eigenvalue weighted by Crippen LogP contribution is 2.32. The van der Waals surface area contributed by atoms with Crippen LogP contribution in [0.4, 0.5) is 11.6 Å². The summed E-state index contributed by atoms with van der Waals surface area (Å²) in [4.78, 5) is 23.4. The molecule has 140 valence electrons. The summed E-state index contributed by atoms with van der Waals surface area (Å²) in [6, 6.07) is 15.4. The second kappa shape index (κ2) is 6.84. The summed E-state index contributed by atoms with van der Waals surface area (Å²) >= 11 is 0. The summed E-state index contributed by atoms with van der Waals surface area (Å²) in [6.45, 7) is 1.43. The molecular formula is C21H18N4O3. The van der Waals surface area contributed by atoms with E-state index in [1.54, 1.807) is 17.2 Å².